The van der Waals surface area contributed by atoms with E-state index in [2.05, 4.69) is 10.6 Å². The van der Waals surface area contributed by atoms with Gasteiger partial charge in [0.25, 0.3) is 0 Å². The lowest BCUT2D eigenvalue weighted by molar-refractivity contribution is 0.204. The van der Waals surface area contributed by atoms with Crippen molar-refractivity contribution in [1.29, 1.82) is 0 Å². The second-order valence-corrected chi connectivity index (χ2v) is 13.5. The van der Waals surface area contributed by atoms with Crippen molar-refractivity contribution in [3.05, 3.63) is 169 Å². The largest absolute Gasteiger partial charge is 0.457 e. The van der Waals surface area contributed by atoms with Crippen LogP contribution in [0, 0.1) is 0 Å². The van der Waals surface area contributed by atoms with Gasteiger partial charge < -0.3 is 41.4 Å². The maximum Gasteiger partial charge on any atom is 0.322 e. The molecule has 0 radical (unpaired) electrons. The van der Waals surface area contributed by atoms with Crippen LogP contribution in [0.3, 0.4) is 0 Å². The van der Waals surface area contributed by atoms with E-state index in [1.807, 2.05) is 143 Å². The second kappa shape index (κ2) is 19.9. The second-order valence-electron chi connectivity index (χ2n) is 13.5. The molecule has 4 amide bonds. The van der Waals surface area contributed by atoms with Crippen molar-refractivity contribution in [1.82, 2.24) is 9.80 Å². The average molecular weight is 749 g/mol. The maximum atomic E-state index is 13.5. The number of anilines is 4. The molecule has 56 heavy (non-hydrogen) atoms. The summed E-state index contributed by atoms with van der Waals surface area (Å²) in [5.74, 6) is 2.80. The number of hydrogen-bond donors (Lipinski definition) is 4. The zero-order valence-corrected chi connectivity index (χ0v) is 31.4. The third-order valence-electron chi connectivity index (χ3n) is 9.06. The fraction of sp³-hybridized carbons (Fsp3) is 0.174. The molecule has 6 N–H and O–H groups in total. The topological polar surface area (TPSA) is 135 Å². The summed E-state index contributed by atoms with van der Waals surface area (Å²) in [4.78, 5) is 30.7. The highest BCUT2D eigenvalue weighted by Crippen LogP contribution is 2.25. The Balaban J connectivity index is 1.03. The summed E-state index contributed by atoms with van der Waals surface area (Å²) in [6.07, 6.45) is 3.42. The molecule has 6 aromatic carbocycles. The number of carbonyl (C=O) groups excluding carboxylic acids is 2. The van der Waals surface area contributed by atoms with Crippen molar-refractivity contribution in [2.45, 2.75) is 38.8 Å². The molecule has 0 aromatic heterocycles. The van der Waals surface area contributed by atoms with Crippen molar-refractivity contribution in [3.8, 4) is 23.0 Å². The van der Waals surface area contributed by atoms with Crippen LogP contribution in [0.5, 0.6) is 23.0 Å². The molecule has 0 spiro atoms. The van der Waals surface area contributed by atoms with Gasteiger partial charge >= 0.3 is 12.1 Å². The number of para-hydroxylation sites is 2. The van der Waals surface area contributed by atoms with Gasteiger partial charge in [-0.05, 0) is 121 Å². The normalized spacial score (nSPS) is 10.6. The molecular formula is C46H48N6O4. The summed E-state index contributed by atoms with van der Waals surface area (Å²) >= 11 is 0. The quantitative estimate of drug-likeness (QED) is 0.0542. The standard InChI is InChI=1S/C46H48N6O4/c47-37-19-27-43(28-20-37)55-41-23-15-35(16-24-41)33-51(45(53)49-39-11-5-3-6-12-39)31-9-1-2-10-32-52(46(54)50-40-13-7-4-8-14-40)34-36-17-25-42(26-18-36)56-44-29-21-38(48)22-30-44/h3-8,11-30H,1-2,9-10,31-34,47-48H2,(H,49,53)(H,50,54). The molecular weight excluding hydrogens is 701 g/mol. The third-order valence-corrected chi connectivity index (χ3v) is 9.06. The highest BCUT2D eigenvalue weighted by molar-refractivity contribution is 5.89. The molecule has 0 heterocycles. The zero-order chi connectivity index (χ0) is 39.0. The molecule has 0 aliphatic heterocycles. The van der Waals surface area contributed by atoms with Crippen molar-refractivity contribution in [2.75, 3.05) is 35.2 Å². The predicted octanol–water partition coefficient (Wildman–Crippen LogP) is 10.8. The van der Waals surface area contributed by atoms with E-state index < -0.39 is 0 Å². The fourth-order valence-corrected chi connectivity index (χ4v) is 6.02. The Morgan fingerprint density at radius 1 is 0.429 bits per heavy atom. The van der Waals surface area contributed by atoms with Gasteiger partial charge in [0.05, 0.1) is 0 Å². The van der Waals surface area contributed by atoms with E-state index in [4.69, 9.17) is 20.9 Å². The molecule has 10 nitrogen and oxygen atoms in total. The molecule has 0 fully saturated rings. The van der Waals surface area contributed by atoms with Gasteiger partial charge in [0.1, 0.15) is 23.0 Å². The van der Waals surface area contributed by atoms with Crippen LogP contribution in [0.2, 0.25) is 0 Å². The lowest BCUT2D eigenvalue weighted by atomic mass is 10.1. The number of hydrogen-bond acceptors (Lipinski definition) is 6. The fourth-order valence-electron chi connectivity index (χ4n) is 6.02. The Hall–Kier alpha value is -6.94. The summed E-state index contributed by atoms with van der Waals surface area (Å²) in [7, 11) is 0. The molecule has 10 heteroatoms. The number of benzene rings is 6. The summed E-state index contributed by atoms with van der Waals surface area (Å²) < 4.78 is 11.9. The first-order valence-corrected chi connectivity index (χ1v) is 18.8. The first-order chi connectivity index (χ1) is 27.4. The average Bonchev–Trinajstić information content (AvgIpc) is 3.22. The molecule has 0 unspecified atom stereocenters. The zero-order valence-electron chi connectivity index (χ0n) is 31.4. The summed E-state index contributed by atoms with van der Waals surface area (Å²) in [5, 5.41) is 6.08. The van der Waals surface area contributed by atoms with Crippen LogP contribution in [-0.4, -0.2) is 35.0 Å². The van der Waals surface area contributed by atoms with Gasteiger partial charge in [0.2, 0.25) is 0 Å². The minimum Gasteiger partial charge on any atom is -0.457 e. The van der Waals surface area contributed by atoms with Crippen LogP contribution in [0.25, 0.3) is 0 Å². The van der Waals surface area contributed by atoms with Crippen LogP contribution in [-0.2, 0) is 13.1 Å². The number of nitrogens with two attached hydrogens (primary N) is 2. The van der Waals surface area contributed by atoms with Gasteiger partial charge in [0, 0.05) is 48.9 Å². The van der Waals surface area contributed by atoms with Crippen molar-refractivity contribution in [2.24, 2.45) is 0 Å². The summed E-state index contributed by atoms with van der Waals surface area (Å²) in [5.41, 5.74) is 16.4. The predicted molar refractivity (Wildman–Crippen MR) is 225 cm³/mol. The van der Waals surface area contributed by atoms with E-state index >= 15 is 0 Å². The Morgan fingerprint density at radius 3 is 1.09 bits per heavy atom. The number of nitrogen functional groups attached to an aromatic ring is 2. The lowest BCUT2D eigenvalue weighted by Crippen LogP contribution is -2.35. The van der Waals surface area contributed by atoms with Crippen LogP contribution in [0.1, 0.15) is 36.8 Å². The number of amides is 4. The Kier molecular flexibility index (Phi) is 13.8. The van der Waals surface area contributed by atoms with E-state index in [1.54, 1.807) is 24.3 Å². The highest BCUT2D eigenvalue weighted by Gasteiger charge is 2.17. The minimum absolute atomic E-state index is 0.160. The lowest BCUT2D eigenvalue weighted by Gasteiger charge is -2.24. The first-order valence-electron chi connectivity index (χ1n) is 18.8. The van der Waals surface area contributed by atoms with Crippen LogP contribution in [0.4, 0.5) is 32.3 Å². The van der Waals surface area contributed by atoms with E-state index in [9.17, 15) is 9.59 Å². The third kappa shape index (κ3) is 12.3. The van der Waals surface area contributed by atoms with Crippen LogP contribution in [0.15, 0.2) is 158 Å². The molecule has 6 rings (SSSR count). The monoisotopic (exact) mass is 748 g/mol. The number of rotatable bonds is 17. The molecule has 286 valence electrons. The molecule has 0 atom stereocenters. The van der Waals surface area contributed by atoms with E-state index in [1.165, 1.54) is 0 Å². The first kappa shape index (κ1) is 38.8. The van der Waals surface area contributed by atoms with Crippen LogP contribution < -0.4 is 31.6 Å². The Morgan fingerprint density at radius 2 is 0.750 bits per heavy atom. The molecule has 0 saturated carbocycles. The van der Waals surface area contributed by atoms with Gasteiger partial charge in [0.15, 0.2) is 0 Å². The van der Waals surface area contributed by atoms with Crippen LogP contribution >= 0.6 is 0 Å². The van der Waals surface area contributed by atoms with Gasteiger partial charge in [-0.1, -0.05) is 73.5 Å². The van der Waals surface area contributed by atoms with Gasteiger partial charge in [-0.25, -0.2) is 9.59 Å². The smallest absolute Gasteiger partial charge is 0.322 e. The van der Waals surface area contributed by atoms with Gasteiger partial charge in [-0.3, -0.25) is 0 Å². The number of nitrogens with zero attached hydrogens (tertiary/aromatic N) is 2. The Bertz CT molecular complexity index is 1940. The highest BCUT2D eigenvalue weighted by atomic mass is 16.5. The molecule has 6 aromatic rings. The van der Waals surface area contributed by atoms with E-state index in [-0.39, 0.29) is 12.1 Å². The van der Waals surface area contributed by atoms with Gasteiger partial charge in [-0.2, -0.15) is 0 Å². The summed E-state index contributed by atoms with van der Waals surface area (Å²) in [6, 6.07) is 48.7. The van der Waals surface area contributed by atoms with Crippen molar-refractivity contribution in [3.63, 3.8) is 0 Å². The van der Waals surface area contributed by atoms with E-state index in [0.29, 0.717) is 60.6 Å². The minimum atomic E-state index is -0.160. The molecule has 0 aliphatic carbocycles. The number of ether oxygens (including phenoxy) is 2. The number of urea groups is 2. The summed E-state index contributed by atoms with van der Waals surface area (Å²) in [6.45, 7) is 2.03. The molecule has 0 saturated heterocycles. The van der Waals surface area contributed by atoms with Crippen molar-refractivity contribution >= 4 is 34.8 Å². The molecule has 0 bridgehead atoms. The molecule has 0 aliphatic rings. The SMILES string of the molecule is Nc1ccc(Oc2ccc(CN(CCCCCCN(Cc3ccc(Oc4ccc(N)cc4)cc3)C(=O)Nc3ccccc3)C(=O)Nc3ccccc3)cc2)cc1. The van der Waals surface area contributed by atoms with Crippen molar-refractivity contribution < 1.29 is 19.1 Å². The Labute approximate surface area is 328 Å². The number of carbonyl (C=O) groups is 2. The number of unbranched alkanes of at least 4 members (excludes halogenated alkanes) is 3. The van der Waals surface area contributed by atoms with E-state index in [0.717, 1.165) is 48.2 Å². The van der Waals surface area contributed by atoms with Gasteiger partial charge in [-0.15, -0.1) is 0 Å². The maximum absolute atomic E-state index is 13.5. The number of nitrogens with one attached hydrogen (secondary N) is 2.